The number of likely N-dealkylation sites (N-methyl/N-ethyl adjacent to an activating group) is 1. The summed E-state index contributed by atoms with van der Waals surface area (Å²) in [5.74, 6) is 1.28. The summed E-state index contributed by atoms with van der Waals surface area (Å²) in [6, 6.07) is 0. The largest absolute Gasteiger partial charge is 0.314 e. The predicted molar refractivity (Wildman–Crippen MR) is 83.6 cm³/mol. The standard InChI is InChI=1S/C14H31N3S/c1-5-16(6-2)9-7-15-8-10-17-11-12-18-14(3,4)13-17/h15H,5-13H2,1-4H3. The van der Waals surface area contributed by atoms with Gasteiger partial charge in [-0.05, 0) is 26.9 Å². The van der Waals surface area contributed by atoms with E-state index in [1.165, 1.54) is 31.9 Å². The Labute approximate surface area is 118 Å². The van der Waals surface area contributed by atoms with Gasteiger partial charge in [-0.15, -0.1) is 0 Å². The molecule has 0 atom stereocenters. The molecule has 0 unspecified atom stereocenters. The summed E-state index contributed by atoms with van der Waals surface area (Å²) in [6.07, 6.45) is 0. The fraction of sp³-hybridized carbons (Fsp3) is 1.00. The maximum atomic E-state index is 3.57. The van der Waals surface area contributed by atoms with Crippen LogP contribution in [0.3, 0.4) is 0 Å². The average molecular weight is 273 g/mol. The summed E-state index contributed by atoms with van der Waals surface area (Å²) in [5.41, 5.74) is 0. The molecule has 1 fully saturated rings. The van der Waals surface area contributed by atoms with Gasteiger partial charge in [0.25, 0.3) is 0 Å². The first-order chi connectivity index (χ1) is 8.57. The maximum Gasteiger partial charge on any atom is 0.0231 e. The third-order valence-corrected chi connectivity index (χ3v) is 4.91. The first-order valence-corrected chi connectivity index (χ1v) is 8.35. The lowest BCUT2D eigenvalue weighted by Gasteiger charge is -2.37. The van der Waals surface area contributed by atoms with Crippen LogP contribution in [-0.2, 0) is 0 Å². The Balaban J connectivity index is 2.04. The second kappa shape index (κ2) is 8.41. The Morgan fingerprint density at radius 2 is 1.94 bits per heavy atom. The lowest BCUT2D eigenvalue weighted by atomic mass is 10.2. The summed E-state index contributed by atoms with van der Waals surface area (Å²) in [4.78, 5) is 5.06. The van der Waals surface area contributed by atoms with Crippen LogP contribution in [0.2, 0.25) is 0 Å². The van der Waals surface area contributed by atoms with Gasteiger partial charge in [-0.1, -0.05) is 13.8 Å². The summed E-state index contributed by atoms with van der Waals surface area (Å²) in [6.45, 7) is 18.6. The smallest absolute Gasteiger partial charge is 0.0231 e. The van der Waals surface area contributed by atoms with Gasteiger partial charge in [0, 0.05) is 49.8 Å². The van der Waals surface area contributed by atoms with Crippen LogP contribution < -0.4 is 5.32 Å². The van der Waals surface area contributed by atoms with Crippen LogP contribution in [0.15, 0.2) is 0 Å². The Hall–Kier alpha value is 0.230. The van der Waals surface area contributed by atoms with Gasteiger partial charge < -0.3 is 10.2 Å². The van der Waals surface area contributed by atoms with Crippen molar-refractivity contribution in [2.75, 3.05) is 58.1 Å². The highest BCUT2D eigenvalue weighted by atomic mass is 32.2. The number of hydrogen-bond donors (Lipinski definition) is 1. The van der Waals surface area contributed by atoms with Crippen LogP contribution in [0.25, 0.3) is 0 Å². The molecule has 1 aliphatic rings. The van der Waals surface area contributed by atoms with Crippen molar-refractivity contribution >= 4 is 11.8 Å². The van der Waals surface area contributed by atoms with E-state index in [9.17, 15) is 0 Å². The fourth-order valence-corrected chi connectivity index (χ4v) is 3.62. The summed E-state index contributed by atoms with van der Waals surface area (Å²) < 4.78 is 0.444. The quantitative estimate of drug-likeness (QED) is 0.679. The molecule has 0 bridgehead atoms. The van der Waals surface area contributed by atoms with Crippen molar-refractivity contribution in [1.82, 2.24) is 15.1 Å². The van der Waals surface area contributed by atoms with Crippen LogP contribution in [0.5, 0.6) is 0 Å². The molecule has 1 heterocycles. The monoisotopic (exact) mass is 273 g/mol. The molecule has 0 saturated carbocycles. The number of nitrogens with one attached hydrogen (secondary N) is 1. The Bertz CT molecular complexity index is 217. The van der Waals surface area contributed by atoms with Crippen LogP contribution in [0, 0.1) is 0 Å². The lowest BCUT2D eigenvalue weighted by Crippen LogP contribution is -2.46. The first-order valence-electron chi connectivity index (χ1n) is 7.37. The van der Waals surface area contributed by atoms with Crippen LogP contribution >= 0.6 is 11.8 Å². The van der Waals surface area contributed by atoms with E-state index in [-0.39, 0.29) is 0 Å². The zero-order valence-electron chi connectivity index (χ0n) is 12.7. The molecule has 1 aliphatic heterocycles. The normalized spacial score (nSPS) is 20.5. The van der Waals surface area contributed by atoms with Gasteiger partial charge in [-0.25, -0.2) is 0 Å². The molecule has 1 rings (SSSR count). The molecule has 1 N–H and O–H groups in total. The number of thioether (sulfide) groups is 1. The molecule has 4 heteroatoms. The van der Waals surface area contributed by atoms with Gasteiger partial charge in [-0.3, -0.25) is 4.90 Å². The molecule has 0 aromatic heterocycles. The number of rotatable bonds is 8. The third-order valence-electron chi connectivity index (χ3n) is 3.61. The molecule has 0 amide bonds. The van der Waals surface area contributed by atoms with Crippen molar-refractivity contribution in [3.8, 4) is 0 Å². The molecule has 18 heavy (non-hydrogen) atoms. The van der Waals surface area contributed by atoms with E-state index >= 15 is 0 Å². The van der Waals surface area contributed by atoms with Crippen LogP contribution in [-0.4, -0.2) is 72.7 Å². The van der Waals surface area contributed by atoms with E-state index < -0.39 is 0 Å². The second-order valence-corrected chi connectivity index (χ2v) is 7.46. The zero-order chi connectivity index (χ0) is 13.4. The van der Waals surface area contributed by atoms with Gasteiger partial charge in [-0.2, -0.15) is 11.8 Å². The summed E-state index contributed by atoms with van der Waals surface area (Å²) in [5, 5.41) is 3.57. The minimum Gasteiger partial charge on any atom is -0.314 e. The number of nitrogens with zero attached hydrogens (tertiary/aromatic N) is 2. The van der Waals surface area contributed by atoms with Crippen molar-refractivity contribution in [3.63, 3.8) is 0 Å². The van der Waals surface area contributed by atoms with Crippen molar-refractivity contribution in [2.24, 2.45) is 0 Å². The third kappa shape index (κ3) is 6.41. The Morgan fingerprint density at radius 3 is 2.56 bits per heavy atom. The van der Waals surface area contributed by atoms with E-state index in [0.29, 0.717) is 4.75 Å². The minimum atomic E-state index is 0.444. The Kier molecular flexibility index (Phi) is 7.61. The second-order valence-electron chi connectivity index (χ2n) is 5.66. The highest BCUT2D eigenvalue weighted by Gasteiger charge is 2.26. The molecule has 0 spiro atoms. The van der Waals surface area contributed by atoms with E-state index in [4.69, 9.17) is 0 Å². The maximum absolute atomic E-state index is 3.57. The highest BCUT2D eigenvalue weighted by Crippen LogP contribution is 2.28. The van der Waals surface area contributed by atoms with E-state index in [0.717, 1.165) is 26.2 Å². The van der Waals surface area contributed by atoms with Crippen molar-refractivity contribution in [2.45, 2.75) is 32.4 Å². The van der Waals surface area contributed by atoms with E-state index in [2.05, 4.69) is 54.6 Å². The molecular weight excluding hydrogens is 242 g/mol. The first kappa shape index (κ1) is 16.3. The molecule has 0 radical (unpaired) electrons. The van der Waals surface area contributed by atoms with Gasteiger partial charge in [0.05, 0.1) is 0 Å². The molecule has 0 aromatic carbocycles. The van der Waals surface area contributed by atoms with Crippen LogP contribution in [0.4, 0.5) is 0 Å². The summed E-state index contributed by atoms with van der Waals surface area (Å²) in [7, 11) is 0. The molecule has 0 aromatic rings. The lowest BCUT2D eigenvalue weighted by molar-refractivity contribution is 0.255. The molecule has 108 valence electrons. The Morgan fingerprint density at radius 1 is 1.22 bits per heavy atom. The van der Waals surface area contributed by atoms with Gasteiger partial charge >= 0.3 is 0 Å². The van der Waals surface area contributed by atoms with Crippen LogP contribution in [0.1, 0.15) is 27.7 Å². The fourth-order valence-electron chi connectivity index (χ4n) is 2.44. The van der Waals surface area contributed by atoms with Gasteiger partial charge in [0.1, 0.15) is 0 Å². The van der Waals surface area contributed by atoms with E-state index in [1.54, 1.807) is 0 Å². The molecule has 3 nitrogen and oxygen atoms in total. The molecule has 0 aliphatic carbocycles. The minimum absolute atomic E-state index is 0.444. The SMILES string of the molecule is CCN(CC)CCNCCN1CCSC(C)(C)C1. The van der Waals surface area contributed by atoms with Crippen molar-refractivity contribution < 1.29 is 0 Å². The molecular formula is C14H31N3S. The predicted octanol–water partition coefficient (Wildman–Crippen LogP) is 1.75. The number of hydrogen-bond acceptors (Lipinski definition) is 4. The van der Waals surface area contributed by atoms with Crippen molar-refractivity contribution in [3.05, 3.63) is 0 Å². The van der Waals surface area contributed by atoms with Gasteiger partial charge in [0.2, 0.25) is 0 Å². The zero-order valence-corrected chi connectivity index (χ0v) is 13.5. The van der Waals surface area contributed by atoms with E-state index in [1.807, 2.05) is 0 Å². The highest BCUT2D eigenvalue weighted by molar-refractivity contribution is 8.00. The van der Waals surface area contributed by atoms with Gasteiger partial charge in [0.15, 0.2) is 0 Å². The molecule has 1 saturated heterocycles. The summed E-state index contributed by atoms with van der Waals surface area (Å²) >= 11 is 2.11. The topological polar surface area (TPSA) is 18.5 Å². The van der Waals surface area contributed by atoms with Crippen molar-refractivity contribution in [1.29, 1.82) is 0 Å². The average Bonchev–Trinajstić information content (AvgIpc) is 2.32.